The number of carbonyl (C=O) groups excluding carboxylic acids is 2. The molecule has 0 radical (unpaired) electrons. The fourth-order valence-electron chi connectivity index (χ4n) is 2.64. The van der Waals surface area contributed by atoms with Crippen LogP contribution in [-0.2, 0) is 4.79 Å². The number of thiazole rings is 1. The monoisotopic (exact) mass is 385 g/mol. The molecular formula is C18H19N5O3S. The number of nitrogens with two attached hydrogens (primary N) is 1. The summed E-state index contributed by atoms with van der Waals surface area (Å²) in [7, 11) is 1.77. The molecule has 0 unspecified atom stereocenters. The number of nitrogens with zero attached hydrogens (tertiary/aromatic N) is 1. The van der Waals surface area contributed by atoms with Crippen LogP contribution < -0.4 is 26.4 Å². The molecule has 27 heavy (non-hydrogen) atoms. The molecule has 0 bridgehead atoms. The molecule has 9 heteroatoms. The van der Waals surface area contributed by atoms with Gasteiger partial charge in [-0.25, -0.2) is 4.98 Å². The number of hydrogen-bond acceptors (Lipinski definition) is 7. The summed E-state index contributed by atoms with van der Waals surface area (Å²) in [5.41, 5.74) is 8.35. The molecule has 0 saturated carbocycles. The summed E-state index contributed by atoms with van der Waals surface area (Å²) in [4.78, 5) is 27.0. The van der Waals surface area contributed by atoms with Crippen LogP contribution in [0.4, 0.5) is 22.2 Å². The van der Waals surface area contributed by atoms with Crippen LogP contribution in [0.2, 0.25) is 0 Å². The van der Waals surface area contributed by atoms with Gasteiger partial charge < -0.3 is 26.4 Å². The summed E-state index contributed by atoms with van der Waals surface area (Å²) in [5, 5.41) is 9.50. The van der Waals surface area contributed by atoms with E-state index in [-0.39, 0.29) is 0 Å². The highest BCUT2D eigenvalue weighted by atomic mass is 32.1. The molecule has 0 fully saturated rings. The zero-order valence-corrected chi connectivity index (χ0v) is 15.6. The Balaban J connectivity index is 2.04. The minimum absolute atomic E-state index is 0.364. The normalized spacial score (nSPS) is 10.4. The lowest BCUT2D eigenvalue weighted by Crippen LogP contribution is -2.11. The van der Waals surface area contributed by atoms with Crippen LogP contribution in [0, 0.1) is 0 Å². The number of anilines is 4. The highest BCUT2D eigenvalue weighted by Gasteiger charge is 2.14. The Morgan fingerprint density at radius 2 is 2.11 bits per heavy atom. The third-order valence-corrected chi connectivity index (χ3v) is 4.78. The fourth-order valence-corrected chi connectivity index (χ4v) is 3.52. The van der Waals surface area contributed by atoms with Gasteiger partial charge in [0.05, 0.1) is 28.4 Å². The van der Waals surface area contributed by atoms with E-state index in [2.05, 4.69) is 20.9 Å². The number of hydrogen-bond donors (Lipinski definition) is 4. The molecule has 2 amide bonds. The number of aromatic nitrogens is 1. The average molecular weight is 385 g/mol. The van der Waals surface area contributed by atoms with E-state index < -0.39 is 5.91 Å². The minimum atomic E-state index is -0.526. The lowest BCUT2D eigenvalue weighted by atomic mass is 10.2. The van der Waals surface area contributed by atoms with Crippen LogP contribution in [0.15, 0.2) is 30.3 Å². The van der Waals surface area contributed by atoms with Gasteiger partial charge in [-0.1, -0.05) is 11.3 Å². The largest absolute Gasteiger partial charge is 0.492 e. The van der Waals surface area contributed by atoms with Crippen molar-refractivity contribution >= 4 is 56.1 Å². The summed E-state index contributed by atoms with van der Waals surface area (Å²) >= 11 is 1.41. The predicted octanol–water partition coefficient (Wildman–Crippen LogP) is 3.15. The second-order valence-corrected chi connectivity index (χ2v) is 6.53. The summed E-state index contributed by atoms with van der Waals surface area (Å²) in [5.74, 6) is 0.0606. The van der Waals surface area contributed by atoms with E-state index in [1.54, 1.807) is 25.2 Å². The molecule has 0 saturated heterocycles. The summed E-state index contributed by atoms with van der Waals surface area (Å²) < 4.78 is 6.50. The lowest BCUT2D eigenvalue weighted by molar-refractivity contribution is -0.105. The van der Waals surface area contributed by atoms with Crippen molar-refractivity contribution in [3.8, 4) is 5.75 Å². The fraction of sp³-hybridized carbons (Fsp3) is 0.167. The maximum absolute atomic E-state index is 11.5. The van der Waals surface area contributed by atoms with Gasteiger partial charge in [-0.15, -0.1) is 0 Å². The van der Waals surface area contributed by atoms with Gasteiger partial charge in [0, 0.05) is 12.6 Å². The Labute approximate surface area is 159 Å². The molecule has 140 valence electrons. The topological polar surface area (TPSA) is 118 Å². The molecule has 0 aliphatic carbocycles. The number of carbonyl (C=O) groups is 2. The van der Waals surface area contributed by atoms with E-state index in [0.29, 0.717) is 46.4 Å². The lowest BCUT2D eigenvalue weighted by Gasteiger charge is -2.11. The number of nitrogens with one attached hydrogen (secondary N) is 3. The molecule has 2 aromatic carbocycles. The van der Waals surface area contributed by atoms with Gasteiger partial charge in [-0.3, -0.25) is 9.59 Å². The molecule has 5 N–H and O–H groups in total. The van der Waals surface area contributed by atoms with Crippen molar-refractivity contribution < 1.29 is 14.3 Å². The Morgan fingerprint density at radius 1 is 1.30 bits per heavy atom. The van der Waals surface area contributed by atoms with Crippen LogP contribution in [0.3, 0.4) is 0 Å². The SMILES string of the molecule is CCOc1ccc(C(N)=O)cc1Nc1nc2c(NC=O)c(NC)ccc2s1. The second kappa shape index (κ2) is 7.92. The first kappa shape index (κ1) is 18.5. The molecule has 0 atom stereocenters. The summed E-state index contributed by atoms with van der Waals surface area (Å²) in [6, 6.07) is 8.72. The number of rotatable bonds is 8. The highest BCUT2D eigenvalue weighted by Crippen LogP contribution is 2.38. The van der Waals surface area contributed by atoms with E-state index >= 15 is 0 Å². The van der Waals surface area contributed by atoms with Gasteiger partial charge in [0.2, 0.25) is 12.3 Å². The van der Waals surface area contributed by atoms with Crippen molar-refractivity contribution in [1.29, 1.82) is 0 Å². The van der Waals surface area contributed by atoms with Crippen LogP contribution in [0.5, 0.6) is 5.75 Å². The Bertz CT molecular complexity index is 1000. The average Bonchev–Trinajstić information content (AvgIpc) is 3.06. The highest BCUT2D eigenvalue weighted by molar-refractivity contribution is 7.22. The van der Waals surface area contributed by atoms with Crippen molar-refractivity contribution in [2.45, 2.75) is 6.92 Å². The van der Waals surface area contributed by atoms with Crippen molar-refractivity contribution in [3.05, 3.63) is 35.9 Å². The Hall–Kier alpha value is -3.33. The van der Waals surface area contributed by atoms with Gasteiger partial charge in [0.25, 0.3) is 0 Å². The number of amides is 2. The van der Waals surface area contributed by atoms with Crippen LogP contribution in [0.25, 0.3) is 10.2 Å². The standard InChI is InChI=1S/C18H19N5O3S/c1-3-26-13-6-4-10(17(19)25)8-12(13)22-18-23-16-14(27-18)7-5-11(20-2)15(16)21-9-24/h4-9,20H,3H2,1-2H3,(H2,19,25)(H,21,24)(H,22,23). The number of ether oxygens (including phenoxy) is 1. The molecule has 8 nitrogen and oxygen atoms in total. The summed E-state index contributed by atoms with van der Waals surface area (Å²) in [6.45, 7) is 2.35. The number of primary amides is 1. The van der Waals surface area contributed by atoms with Crippen molar-refractivity contribution in [2.75, 3.05) is 29.6 Å². The smallest absolute Gasteiger partial charge is 0.248 e. The van der Waals surface area contributed by atoms with Crippen LogP contribution in [0.1, 0.15) is 17.3 Å². The van der Waals surface area contributed by atoms with Gasteiger partial charge in [0.15, 0.2) is 5.13 Å². The van der Waals surface area contributed by atoms with E-state index in [9.17, 15) is 9.59 Å². The number of fused-ring (bicyclic) bond motifs is 1. The minimum Gasteiger partial charge on any atom is -0.492 e. The molecule has 1 heterocycles. The Kier molecular flexibility index (Phi) is 5.41. The van der Waals surface area contributed by atoms with Crippen molar-refractivity contribution in [1.82, 2.24) is 4.98 Å². The zero-order valence-electron chi connectivity index (χ0n) is 14.8. The molecule has 1 aromatic heterocycles. The predicted molar refractivity (Wildman–Crippen MR) is 108 cm³/mol. The maximum atomic E-state index is 11.5. The van der Waals surface area contributed by atoms with E-state index in [4.69, 9.17) is 10.5 Å². The molecule has 0 aliphatic rings. The molecular weight excluding hydrogens is 366 g/mol. The third kappa shape index (κ3) is 3.77. The van der Waals surface area contributed by atoms with Gasteiger partial charge in [0.1, 0.15) is 11.3 Å². The van der Waals surface area contributed by atoms with Crippen molar-refractivity contribution in [3.63, 3.8) is 0 Å². The van der Waals surface area contributed by atoms with Crippen LogP contribution in [-0.4, -0.2) is 31.0 Å². The van der Waals surface area contributed by atoms with E-state index in [1.165, 1.54) is 11.3 Å². The van der Waals surface area contributed by atoms with E-state index in [0.717, 1.165) is 10.4 Å². The quantitative estimate of drug-likeness (QED) is 0.442. The van der Waals surface area contributed by atoms with Gasteiger partial charge in [-0.05, 0) is 37.3 Å². The first-order valence-corrected chi connectivity index (χ1v) is 9.04. The zero-order chi connectivity index (χ0) is 19.4. The molecule has 3 aromatic rings. The van der Waals surface area contributed by atoms with Crippen LogP contribution >= 0.6 is 11.3 Å². The number of benzene rings is 2. The Morgan fingerprint density at radius 3 is 2.78 bits per heavy atom. The van der Waals surface area contributed by atoms with Crippen molar-refractivity contribution in [2.24, 2.45) is 5.73 Å². The summed E-state index contributed by atoms with van der Waals surface area (Å²) in [6.07, 6.45) is 0.617. The first-order chi connectivity index (χ1) is 13.1. The van der Waals surface area contributed by atoms with Gasteiger partial charge >= 0.3 is 0 Å². The molecule has 0 aliphatic heterocycles. The third-order valence-electron chi connectivity index (χ3n) is 3.84. The second-order valence-electron chi connectivity index (χ2n) is 5.50. The van der Waals surface area contributed by atoms with E-state index in [1.807, 2.05) is 19.1 Å². The van der Waals surface area contributed by atoms with Gasteiger partial charge in [-0.2, -0.15) is 0 Å². The first-order valence-electron chi connectivity index (χ1n) is 8.22. The molecule has 0 spiro atoms. The molecule has 3 rings (SSSR count). The maximum Gasteiger partial charge on any atom is 0.248 e.